The Hall–Kier alpha value is -1.09. The smallest absolute Gasteiger partial charge is 0.100 e. The Morgan fingerprint density at radius 3 is 1.38 bits per heavy atom. The minimum Gasteiger partial charge on any atom is -0.343 e. The maximum absolute atomic E-state index is 4.91. The van der Waals surface area contributed by atoms with E-state index in [1.165, 1.54) is 198 Å². The number of nitrogens with zero attached hydrogens (tertiary/aromatic N) is 2. The fraction of sp³-hybridized carbons (Fsp3) is 0.881. The van der Waals surface area contributed by atoms with E-state index in [0.717, 1.165) is 19.6 Å². The van der Waals surface area contributed by atoms with E-state index >= 15 is 0 Å². The Bertz CT molecular complexity index is 681. The van der Waals surface area contributed by atoms with Gasteiger partial charge in [-0.2, -0.15) is 0 Å². The predicted molar refractivity (Wildman–Crippen MR) is 205 cm³/mol. The highest BCUT2D eigenvalue weighted by molar-refractivity contribution is 5.84. The van der Waals surface area contributed by atoms with Gasteiger partial charge in [0.1, 0.15) is 5.84 Å². The van der Waals surface area contributed by atoms with Crippen LogP contribution in [-0.4, -0.2) is 36.5 Å². The summed E-state index contributed by atoms with van der Waals surface area (Å²) in [6.07, 6.45) is 51.1. The van der Waals surface area contributed by atoms with Gasteiger partial charge < -0.3 is 4.90 Å². The van der Waals surface area contributed by atoms with E-state index < -0.39 is 0 Å². The third kappa shape index (κ3) is 26.7. The van der Waals surface area contributed by atoms with Gasteiger partial charge in [0.25, 0.3) is 0 Å². The Morgan fingerprint density at radius 2 is 0.933 bits per heavy atom. The first-order valence-electron chi connectivity index (χ1n) is 20.7. The normalized spacial score (nSPS) is 14.4. The molecule has 3 nitrogen and oxygen atoms in total. The lowest BCUT2D eigenvalue weighted by Crippen LogP contribution is -2.47. The Kier molecular flexibility index (Phi) is 31.9. The molecule has 0 radical (unpaired) electrons. The summed E-state index contributed by atoms with van der Waals surface area (Å²) in [6, 6.07) is 0. The zero-order chi connectivity index (χ0) is 32.3. The van der Waals surface area contributed by atoms with Gasteiger partial charge in [0.15, 0.2) is 0 Å². The zero-order valence-electron chi connectivity index (χ0n) is 31.1. The first-order valence-corrected chi connectivity index (χ1v) is 20.7. The molecule has 0 aromatic carbocycles. The van der Waals surface area contributed by atoms with Crippen LogP contribution in [0.15, 0.2) is 29.3 Å². The standard InChI is InChI=1S/C42H81N3/c1-4-7-9-11-13-15-17-19-21-23-25-27-29-31-33-35-37-42-44-39-40-45(42)41(6-3)43-38-36-34-32-30-28-26-24-22-20-18-16-14-12-10-8-5-2/h19-22,41,43H,4-18,23-40H2,1-3H3/b21-19-,22-20-. The highest BCUT2D eigenvalue weighted by atomic mass is 15.3. The quantitative estimate of drug-likeness (QED) is 0.0559. The summed E-state index contributed by atoms with van der Waals surface area (Å²) in [4.78, 5) is 7.51. The molecule has 1 unspecified atom stereocenters. The number of nitrogens with one attached hydrogen (secondary N) is 1. The largest absolute Gasteiger partial charge is 0.343 e. The summed E-state index contributed by atoms with van der Waals surface area (Å²) in [5, 5.41) is 3.88. The highest BCUT2D eigenvalue weighted by Gasteiger charge is 2.23. The van der Waals surface area contributed by atoms with Gasteiger partial charge in [0, 0.05) is 13.0 Å². The van der Waals surface area contributed by atoms with Crippen molar-refractivity contribution in [2.75, 3.05) is 19.6 Å². The van der Waals surface area contributed by atoms with E-state index in [9.17, 15) is 0 Å². The maximum Gasteiger partial charge on any atom is 0.100 e. The van der Waals surface area contributed by atoms with Crippen molar-refractivity contribution in [3.05, 3.63) is 24.3 Å². The van der Waals surface area contributed by atoms with Crippen LogP contribution in [0.2, 0.25) is 0 Å². The molecule has 0 saturated carbocycles. The predicted octanol–water partition coefficient (Wildman–Crippen LogP) is 13.5. The van der Waals surface area contributed by atoms with Crippen molar-refractivity contribution < 1.29 is 0 Å². The summed E-state index contributed by atoms with van der Waals surface area (Å²) < 4.78 is 0. The Balaban J connectivity index is 1.95. The molecule has 0 aromatic heterocycles. The molecule has 1 aliphatic heterocycles. The number of amidine groups is 1. The number of rotatable bonds is 35. The SMILES string of the molecule is CCCCCCCC/C=C\CCCCCCCCNC(CC)N1CCN=C1CCCCCCCC/C=C\CCCCCCCC. The van der Waals surface area contributed by atoms with Crippen LogP contribution in [0.25, 0.3) is 0 Å². The average molecular weight is 628 g/mol. The molecule has 0 amide bonds. The first kappa shape index (κ1) is 41.9. The van der Waals surface area contributed by atoms with Gasteiger partial charge in [-0.3, -0.25) is 10.3 Å². The summed E-state index contributed by atoms with van der Waals surface area (Å²) in [5.41, 5.74) is 0. The lowest BCUT2D eigenvalue weighted by Gasteiger charge is -2.31. The van der Waals surface area contributed by atoms with E-state index in [2.05, 4.69) is 55.3 Å². The lowest BCUT2D eigenvalue weighted by molar-refractivity contribution is 0.268. The van der Waals surface area contributed by atoms with Gasteiger partial charge in [-0.05, 0) is 77.2 Å². The number of allylic oxidation sites excluding steroid dienone is 4. The van der Waals surface area contributed by atoms with Crippen LogP contribution < -0.4 is 5.32 Å². The van der Waals surface area contributed by atoms with E-state index in [1.54, 1.807) is 0 Å². The number of aliphatic imine (C=N–C) groups is 1. The third-order valence-corrected chi connectivity index (χ3v) is 9.71. The molecule has 3 heteroatoms. The van der Waals surface area contributed by atoms with Crippen molar-refractivity contribution in [2.45, 2.75) is 220 Å². The molecule has 1 rings (SSSR count). The highest BCUT2D eigenvalue weighted by Crippen LogP contribution is 2.16. The monoisotopic (exact) mass is 628 g/mol. The van der Waals surface area contributed by atoms with Crippen molar-refractivity contribution in [3.63, 3.8) is 0 Å². The van der Waals surface area contributed by atoms with E-state index in [4.69, 9.17) is 4.99 Å². The molecular formula is C42H81N3. The van der Waals surface area contributed by atoms with Gasteiger partial charge in [-0.25, -0.2) is 0 Å². The minimum absolute atomic E-state index is 0.475. The van der Waals surface area contributed by atoms with Gasteiger partial charge >= 0.3 is 0 Å². The summed E-state index contributed by atoms with van der Waals surface area (Å²) in [7, 11) is 0. The lowest BCUT2D eigenvalue weighted by atomic mass is 10.1. The van der Waals surface area contributed by atoms with Gasteiger partial charge in [-0.15, -0.1) is 0 Å². The zero-order valence-corrected chi connectivity index (χ0v) is 31.1. The average Bonchev–Trinajstić information content (AvgIpc) is 3.52. The van der Waals surface area contributed by atoms with Gasteiger partial charge in [0.2, 0.25) is 0 Å². The van der Waals surface area contributed by atoms with Crippen LogP contribution in [0, 0.1) is 0 Å². The number of unbranched alkanes of at least 4 members (excludes halogenated alkanes) is 24. The second-order valence-corrected chi connectivity index (χ2v) is 14.0. The molecule has 0 bridgehead atoms. The molecule has 0 saturated heterocycles. The topological polar surface area (TPSA) is 27.6 Å². The molecule has 0 fully saturated rings. The van der Waals surface area contributed by atoms with Crippen LogP contribution in [0.4, 0.5) is 0 Å². The fourth-order valence-electron chi connectivity index (χ4n) is 6.71. The van der Waals surface area contributed by atoms with Gasteiger partial charge in [-0.1, -0.05) is 161 Å². The molecule has 0 spiro atoms. The van der Waals surface area contributed by atoms with Gasteiger partial charge in [0.05, 0.1) is 12.7 Å². The molecule has 0 aliphatic carbocycles. The van der Waals surface area contributed by atoms with E-state index in [1.807, 2.05) is 0 Å². The number of hydrogen-bond acceptors (Lipinski definition) is 3. The molecule has 1 heterocycles. The molecule has 1 atom stereocenters. The molecular weight excluding hydrogens is 546 g/mol. The van der Waals surface area contributed by atoms with Crippen molar-refractivity contribution in [1.82, 2.24) is 10.2 Å². The van der Waals surface area contributed by atoms with Crippen molar-refractivity contribution >= 4 is 5.84 Å². The maximum atomic E-state index is 4.91. The number of hydrogen-bond donors (Lipinski definition) is 1. The van der Waals surface area contributed by atoms with Crippen molar-refractivity contribution in [2.24, 2.45) is 4.99 Å². The molecule has 264 valence electrons. The van der Waals surface area contributed by atoms with Crippen LogP contribution in [-0.2, 0) is 0 Å². The summed E-state index contributed by atoms with van der Waals surface area (Å²) in [5.74, 6) is 1.38. The summed E-state index contributed by atoms with van der Waals surface area (Å²) in [6.45, 7) is 10.2. The van der Waals surface area contributed by atoms with Crippen LogP contribution in [0.3, 0.4) is 0 Å². The molecule has 1 N–H and O–H groups in total. The first-order chi connectivity index (χ1) is 22.3. The molecule has 0 aromatic rings. The summed E-state index contributed by atoms with van der Waals surface area (Å²) >= 11 is 0. The van der Waals surface area contributed by atoms with Crippen LogP contribution in [0.1, 0.15) is 213 Å². The molecule has 45 heavy (non-hydrogen) atoms. The van der Waals surface area contributed by atoms with E-state index in [0.29, 0.717) is 6.17 Å². The van der Waals surface area contributed by atoms with E-state index in [-0.39, 0.29) is 0 Å². The van der Waals surface area contributed by atoms with Crippen molar-refractivity contribution in [3.8, 4) is 0 Å². The molecule has 1 aliphatic rings. The van der Waals surface area contributed by atoms with Crippen LogP contribution >= 0.6 is 0 Å². The Labute approximate surface area is 284 Å². The minimum atomic E-state index is 0.475. The second kappa shape index (κ2) is 34.3. The fourth-order valence-corrected chi connectivity index (χ4v) is 6.71. The van der Waals surface area contributed by atoms with Crippen molar-refractivity contribution in [1.29, 1.82) is 0 Å². The third-order valence-electron chi connectivity index (χ3n) is 9.71. The second-order valence-electron chi connectivity index (χ2n) is 14.0. The van der Waals surface area contributed by atoms with Crippen LogP contribution in [0.5, 0.6) is 0 Å². The Morgan fingerprint density at radius 1 is 0.533 bits per heavy atom.